The molecule has 0 aliphatic rings. The lowest BCUT2D eigenvalue weighted by Gasteiger charge is -2.09. The van der Waals surface area contributed by atoms with Gasteiger partial charge in [-0.05, 0) is 30.2 Å². The number of hydrogen-bond donors (Lipinski definition) is 1. The maximum absolute atomic E-state index is 12.4. The van der Waals surface area contributed by atoms with Gasteiger partial charge in [-0.25, -0.2) is 13.2 Å². The number of carbonyl (C=O) groups is 1. The molecule has 2 aromatic carbocycles. The predicted molar refractivity (Wildman–Crippen MR) is 75.5 cm³/mol. The minimum Gasteiger partial charge on any atom is -0.478 e. The molecule has 0 saturated heterocycles. The molecular formula is C15H14O4S. The quantitative estimate of drug-likeness (QED) is 0.939. The van der Waals surface area contributed by atoms with Crippen LogP contribution in [-0.4, -0.2) is 19.5 Å². The van der Waals surface area contributed by atoms with Crippen LogP contribution in [0.15, 0.2) is 53.4 Å². The van der Waals surface area contributed by atoms with Gasteiger partial charge < -0.3 is 5.11 Å². The van der Waals surface area contributed by atoms with Gasteiger partial charge in [0.25, 0.3) is 0 Å². The molecule has 0 aliphatic carbocycles. The molecule has 0 fully saturated rings. The molecule has 0 atom stereocenters. The van der Waals surface area contributed by atoms with Crippen LogP contribution in [0.4, 0.5) is 0 Å². The van der Waals surface area contributed by atoms with E-state index in [1.807, 2.05) is 0 Å². The fourth-order valence-electron chi connectivity index (χ4n) is 2.04. The van der Waals surface area contributed by atoms with Crippen LogP contribution < -0.4 is 0 Å². The van der Waals surface area contributed by atoms with Crippen LogP contribution in [-0.2, 0) is 15.6 Å². The van der Waals surface area contributed by atoms with Gasteiger partial charge in [0.05, 0.1) is 16.2 Å². The lowest BCUT2D eigenvalue weighted by Crippen LogP contribution is -2.10. The van der Waals surface area contributed by atoms with Crippen molar-refractivity contribution in [1.29, 1.82) is 0 Å². The second-order valence-electron chi connectivity index (χ2n) is 4.49. The Hall–Kier alpha value is -2.14. The van der Waals surface area contributed by atoms with Gasteiger partial charge in [0, 0.05) is 0 Å². The van der Waals surface area contributed by atoms with Gasteiger partial charge in [0.1, 0.15) is 0 Å². The van der Waals surface area contributed by atoms with E-state index in [9.17, 15) is 13.2 Å². The summed E-state index contributed by atoms with van der Waals surface area (Å²) in [6, 6.07) is 12.8. The summed E-state index contributed by atoms with van der Waals surface area (Å²) in [6.45, 7) is 1.72. The van der Waals surface area contributed by atoms with E-state index in [0.717, 1.165) is 0 Å². The van der Waals surface area contributed by atoms with Crippen molar-refractivity contribution in [3.05, 3.63) is 65.2 Å². The molecule has 0 saturated carbocycles. The second kappa shape index (κ2) is 5.46. The van der Waals surface area contributed by atoms with Gasteiger partial charge in [-0.3, -0.25) is 0 Å². The molecule has 0 radical (unpaired) electrons. The van der Waals surface area contributed by atoms with Crippen LogP contribution in [0.5, 0.6) is 0 Å². The van der Waals surface area contributed by atoms with Crippen molar-refractivity contribution in [3.8, 4) is 0 Å². The number of rotatable bonds is 4. The Morgan fingerprint density at radius 2 is 1.65 bits per heavy atom. The molecular weight excluding hydrogens is 276 g/mol. The van der Waals surface area contributed by atoms with Crippen molar-refractivity contribution in [1.82, 2.24) is 0 Å². The van der Waals surface area contributed by atoms with Crippen LogP contribution in [0.25, 0.3) is 0 Å². The third-order valence-electron chi connectivity index (χ3n) is 3.02. The first-order chi connectivity index (χ1) is 9.42. The first kappa shape index (κ1) is 14.3. The van der Waals surface area contributed by atoms with E-state index < -0.39 is 15.8 Å². The van der Waals surface area contributed by atoms with Gasteiger partial charge in [0.2, 0.25) is 0 Å². The molecule has 2 aromatic rings. The summed E-state index contributed by atoms with van der Waals surface area (Å²) in [5.74, 6) is -1.44. The van der Waals surface area contributed by atoms with Crippen LogP contribution >= 0.6 is 0 Å². The van der Waals surface area contributed by atoms with Gasteiger partial charge in [-0.2, -0.15) is 0 Å². The molecule has 0 unspecified atom stereocenters. The van der Waals surface area contributed by atoms with E-state index in [-0.39, 0.29) is 16.2 Å². The van der Waals surface area contributed by atoms with Crippen LogP contribution in [0.2, 0.25) is 0 Å². The van der Waals surface area contributed by atoms with E-state index >= 15 is 0 Å². The highest BCUT2D eigenvalue weighted by atomic mass is 32.2. The summed E-state index contributed by atoms with van der Waals surface area (Å²) in [6.07, 6.45) is 0. The summed E-state index contributed by atoms with van der Waals surface area (Å²) < 4.78 is 24.8. The number of carboxylic acids is 1. The normalized spacial score (nSPS) is 11.2. The first-order valence-corrected chi connectivity index (χ1v) is 7.66. The van der Waals surface area contributed by atoms with Gasteiger partial charge >= 0.3 is 5.97 Å². The zero-order valence-electron chi connectivity index (χ0n) is 10.9. The number of aryl methyl sites for hydroxylation is 1. The average Bonchev–Trinajstić information content (AvgIpc) is 2.39. The Labute approximate surface area is 117 Å². The predicted octanol–water partition coefficient (Wildman–Crippen LogP) is 2.67. The van der Waals surface area contributed by atoms with Crippen molar-refractivity contribution in [2.45, 2.75) is 17.6 Å². The minimum absolute atomic E-state index is 0.0182. The summed E-state index contributed by atoms with van der Waals surface area (Å²) >= 11 is 0. The first-order valence-electron chi connectivity index (χ1n) is 6.01. The molecule has 0 amide bonds. The van der Waals surface area contributed by atoms with Crippen molar-refractivity contribution in [3.63, 3.8) is 0 Å². The third kappa shape index (κ3) is 2.88. The summed E-state index contributed by atoms with van der Waals surface area (Å²) in [5.41, 5.74) is 0.966. The maximum Gasteiger partial charge on any atom is 0.335 e. The van der Waals surface area contributed by atoms with Crippen molar-refractivity contribution in [2.75, 3.05) is 0 Å². The topological polar surface area (TPSA) is 71.4 Å². The lowest BCUT2D eigenvalue weighted by molar-refractivity contribution is 0.0696. The average molecular weight is 290 g/mol. The summed E-state index contributed by atoms with van der Waals surface area (Å²) in [7, 11) is -3.56. The number of carboxylic acid groups (broad SMARTS) is 1. The lowest BCUT2D eigenvalue weighted by atomic mass is 10.1. The van der Waals surface area contributed by atoms with Crippen LogP contribution in [0, 0.1) is 6.92 Å². The number of benzene rings is 2. The highest BCUT2D eigenvalue weighted by molar-refractivity contribution is 7.90. The van der Waals surface area contributed by atoms with Crippen molar-refractivity contribution >= 4 is 15.8 Å². The minimum atomic E-state index is -3.56. The Kier molecular flexibility index (Phi) is 3.90. The largest absolute Gasteiger partial charge is 0.478 e. The number of aromatic carboxylic acids is 1. The van der Waals surface area contributed by atoms with E-state index in [1.54, 1.807) is 37.3 Å². The van der Waals surface area contributed by atoms with Crippen molar-refractivity contribution in [2.24, 2.45) is 0 Å². The monoisotopic (exact) mass is 290 g/mol. The van der Waals surface area contributed by atoms with E-state index in [4.69, 9.17) is 5.11 Å². The fourth-order valence-corrected chi connectivity index (χ4v) is 3.70. The van der Waals surface area contributed by atoms with Crippen LogP contribution in [0.1, 0.15) is 21.5 Å². The fraction of sp³-hybridized carbons (Fsp3) is 0.133. The third-order valence-corrected chi connectivity index (χ3v) is 4.84. The second-order valence-corrected chi connectivity index (χ2v) is 6.44. The van der Waals surface area contributed by atoms with Crippen molar-refractivity contribution < 1.29 is 18.3 Å². The van der Waals surface area contributed by atoms with E-state index in [2.05, 4.69) is 0 Å². The molecule has 104 valence electrons. The van der Waals surface area contributed by atoms with E-state index in [1.165, 1.54) is 18.2 Å². The zero-order chi connectivity index (χ0) is 14.8. The molecule has 20 heavy (non-hydrogen) atoms. The SMILES string of the molecule is Cc1ccccc1S(=O)(=O)Cc1ccccc1C(=O)O. The summed E-state index contributed by atoms with van der Waals surface area (Å²) in [4.78, 5) is 11.4. The highest BCUT2D eigenvalue weighted by Crippen LogP contribution is 2.21. The van der Waals surface area contributed by atoms with Gasteiger partial charge in [-0.1, -0.05) is 36.4 Å². The highest BCUT2D eigenvalue weighted by Gasteiger charge is 2.20. The Morgan fingerprint density at radius 1 is 1.05 bits per heavy atom. The number of hydrogen-bond acceptors (Lipinski definition) is 3. The summed E-state index contributed by atoms with van der Waals surface area (Å²) in [5, 5.41) is 9.09. The molecule has 0 bridgehead atoms. The van der Waals surface area contributed by atoms with E-state index in [0.29, 0.717) is 11.1 Å². The molecule has 2 rings (SSSR count). The smallest absolute Gasteiger partial charge is 0.335 e. The zero-order valence-corrected chi connectivity index (χ0v) is 11.7. The standard InChI is InChI=1S/C15H14O4S/c1-11-6-2-5-9-14(11)20(18,19)10-12-7-3-4-8-13(12)15(16)17/h2-9H,10H2,1H3,(H,16,17). The molecule has 0 aromatic heterocycles. The molecule has 0 aliphatic heterocycles. The Bertz CT molecular complexity index is 748. The molecule has 0 heterocycles. The Morgan fingerprint density at radius 3 is 2.30 bits per heavy atom. The molecule has 0 spiro atoms. The number of sulfone groups is 1. The Balaban J connectivity index is 2.45. The van der Waals surface area contributed by atoms with Gasteiger partial charge in [-0.15, -0.1) is 0 Å². The van der Waals surface area contributed by atoms with Crippen LogP contribution in [0.3, 0.4) is 0 Å². The maximum atomic E-state index is 12.4. The molecule has 5 heteroatoms. The molecule has 1 N–H and O–H groups in total. The van der Waals surface area contributed by atoms with Gasteiger partial charge in [0.15, 0.2) is 9.84 Å². The molecule has 4 nitrogen and oxygen atoms in total.